The summed E-state index contributed by atoms with van der Waals surface area (Å²) in [6, 6.07) is 11.0. The molecule has 3 aromatic heterocycles. The number of thiazole rings is 1. The fraction of sp³-hybridized carbons (Fsp3) is 0.0556. The van der Waals surface area contributed by atoms with Crippen LogP contribution in [-0.4, -0.2) is 15.9 Å². The summed E-state index contributed by atoms with van der Waals surface area (Å²) in [5.41, 5.74) is 1.15. The molecule has 0 saturated heterocycles. The normalized spacial score (nSPS) is 10.8. The van der Waals surface area contributed by atoms with Crippen LogP contribution in [-0.2, 0) is 6.42 Å². The summed E-state index contributed by atoms with van der Waals surface area (Å²) in [6.45, 7) is 0. The Labute approximate surface area is 157 Å². The lowest BCUT2D eigenvalue weighted by Crippen LogP contribution is -2.13. The molecule has 26 heavy (non-hydrogen) atoms. The van der Waals surface area contributed by atoms with Gasteiger partial charge in [0.05, 0.1) is 6.26 Å². The molecule has 1 N–H and O–H groups in total. The number of benzene rings is 1. The minimum atomic E-state index is -0.413. The van der Waals surface area contributed by atoms with Gasteiger partial charge in [0, 0.05) is 22.5 Å². The Morgan fingerprint density at radius 3 is 2.85 bits per heavy atom. The molecule has 1 aromatic carbocycles. The van der Waals surface area contributed by atoms with E-state index in [1.165, 1.54) is 24.0 Å². The Morgan fingerprint density at radius 1 is 1.15 bits per heavy atom. The van der Waals surface area contributed by atoms with Gasteiger partial charge in [-0.15, -0.1) is 11.3 Å². The zero-order valence-electron chi connectivity index (χ0n) is 13.3. The van der Waals surface area contributed by atoms with Gasteiger partial charge in [-0.05, 0) is 23.8 Å². The summed E-state index contributed by atoms with van der Waals surface area (Å²) in [6.07, 6.45) is 5.08. The maximum Gasteiger partial charge on any atom is 0.280 e. The van der Waals surface area contributed by atoms with E-state index in [-0.39, 0.29) is 11.5 Å². The zero-order valence-corrected chi connectivity index (χ0v) is 14.9. The second-order valence-electron chi connectivity index (χ2n) is 5.36. The molecule has 0 aliphatic carbocycles. The molecule has 130 valence electrons. The van der Waals surface area contributed by atoms with Crippen LogP contribution in [0, 0.1) is 0 Å². The minimum absolute atomic E-state index is 0.141. The Balaban J connectivity index is 1.49. The number of carbonyl (C=O) groups is 1. The molecule has 0 fully saturated rings. The number of nitrogens with zero attached hydrogens (tertiary/aromatic N) is 2. The lowest BCUT2D eigenvalue weighted by molar-refractivity contribution is 0.102. The molecule has 0 spiro atoms. The number of hydrogen-bond donors (Lipinski definition) is 1. The van der Waals surface area contributed by atoms with Crippen LogP contribution < -0.4 is 5.32 Å². The highest BCUT2D eigenvalue weighted by Crippen LogP contribution is 2.27. The number of halogens is 1. The van der Waals surface area contributed by atoms with Gasteiger partial charge in [-0.25, -0.2) is 9.97 Å². The number of rotatable bonds is 5. The quantitative estimate of drug-likeness (QED) is 0.529. The number of oxazole rings is 1. The number of hydrogen-bond acceptors (Lipinski definition) is 6. The first-order valence-electron chi connectivity index (χ1n) is 7.67. The average molecular weight is 386 g/mol. The second kappa shape index (κ2) is 7.15. The zero-order chi connectivity index (χ0) is 17.9. The van der Waals surface area contributed by atoms with Gasteiger partial charge in [-0.1, -0.05) is 29.8 Å². The van der Waals surface area contributed by atoms with Crippen LogP contribution >= 0.6 is 22.9 Å². The third-order valence-corrected chi connectivity index (χ3v) is 4.91. The molecule has 6 nitrogen and oxygen atoms in total. The van der Waals surface area contributed by atoms with Gasteiger partial charge in [0.25, 0.3) is 5.91 Å². The van der Waals surface area contributed by atoms with Crippen molar-refractivity contribution in [3.63, 3.8) is 0 Å². The Bertz CT molecular complexity index is 1040. The largest absolute Gasteiger partial charge is 0.461 e. The lowest BCUT2D eigenvalue weighted by atomic mass is 10.1. The van der Waals surface area contributed by atoms with Crippen LogP contribution in [0.2, 0.25) is 5.02 Å². The molecule has 0 atom stereocenters. The smallest absolute Gasteiger partial charge is 0.280 e. The number of anilines is 1. The minimum Gasteiger partial charge on any atom is -0.461 e. The van der Waals surface area contributed by atoms with Crippen molar-refractivity contribution < 1.29 is 13.6 Å². The first-order valence-corrected chi connectivity index (χ1v) is 8.87. The fourth-order valence-electron chi connectivity index (χ4n) is 2.42. The molecular weight excluding hydrogens is 374 g/mol. The van der Waals surface area contributed by atoms with Crippen molar-refractivity contribution in [2.45, 2.75) is 6.42 Å². The Kier molecular flexibility index (Phi) is 4.55. The summed E-state index contributed by atoms with van der Waals surface area (Å²) in [5.74, 6) is 0.301. The van der Waals surface area contributed by atoms with Crippen LogP contribution in [0.5, 0.6) is 0 Å². The summed E-state index contributed by atoms with van der Waals surface area (Å²) in [4.78, 5) is 21.7. The van der Waals surface area contributed by atoms with E-state index in [1.807, 2.05) is 24.3 Å². The highest BCUT2D eigenvalue weighted by atomic mass is 35.5. The molecule has 0 unspecified atom stereocenters. The molecule has 4 aromatic rings. The van der Waals surface area contributed by atoms with E-state index < -0.39 is 5.91 Å². The van der Waals surface area contributed by atoms with E-state index in [1.54, 1.807) is 18.3 Å². The number of aromatic nitrogens is 2. The molecule has 0 saturated carbocycles. The standard InChI is InChI=1S/C18H12ClN3O3S/c19-13-5-2-1-4-11(13)8-12-9-20-18(26-12)22-17(23)15-16(25-10-21-15)14-6-3-7-24-14/h1-7,9-10H,8H2,(H,20,22,23). The Hall–Kier alpha value is -2.90. The second-order valence-corrected chi connectivity index (χ2v) is 6.88. The molecule has 3 heterocycles. The molecule has 8 heteroatoms. The summed E-state index contributed by atoms with van der Waals surface area (Å²) >= 11 is 7.57. The predicted molar refractivity (Wildman–Crippen MR) is 98.5 cm³/mol. The Morgan fingerprint density at radius 2 is 2.04 bits per heavy atom. The van der Waals surface area contributed by atoms with E-state index in [4.69, 9.17) is 20.4 Å². The average Bonchev–Trinajstić information content (AvgIpc) is 3.37. The highest BCUT2D eigenvalue weighted by Gasteiger charge is 2.21. The fourth-order valence-corrected chi connectivity index (χ4v) is 3.46. The predicted octanol–water partition coefficient (Wildman–Crippen LogP) is 4.89. The van der Waals surface area contributed by atoms with Gasteiger partial charge < -0.3 is 8.83 Å². The SMILES string of the molecule is O=C(Nc1ncc(Cc2ccccc2Cl)s1)c1ncoc1-c1ccco1. The maximum absolute atomic E-state index is 12.5. The highest BCUT2D eigenvalue weighted by molar-refractivity contribution is 7.15. The molecule has 1 amide bonds. The molecule has 0 aliphatic heterocycles. The van der Waals surface area contributed by atoms with Crippen molar-refractivity contribution in [3.8, 4) is 11.5 Å². The maximum atomic E-state index is 12.5. The van der Waals surface area contributed by atoms with E-state index in [0.29, 0.717) is 22.3 Å². The molecule has 0 radical (unpaired) electrons. The lowest BCUT2D eigenvalue weighted by Gasteiger charge is -2.01. The van der Waals surface area contributed by atoms with E-state index in [0.717, 1.165) is 10.4 Å². The van der Waals surface area contributed by atoms with E-state index in [9.17, 15) is 4.79 Å². The first kappa shape index (κ1) is 16.6. The van der Waals surface area contributed by atoms with Gasteiger partial charge in [0.1, 0.15) is 0 Å². The number of furan rings is 1. The molecule has 4 rings (SSSR count). The monoisotopic (exact) mass is 385 g/mol. The van der Waals surface area contributed by atoms with E-state index >= 15 is 0 Å². The number of nitrogens with one attached hydrogen (secondary N) is 1. The first-order chi connectivity index (χ1) is 12.7. The number of carbonyl (C=O) groups excluding carboxylic acids is 1. The van der Waals surface area contributed by atoms with Crippen molar-refractivity contribution in [1.29, 1.82) is 0 Å². The van der Waals surface area contributed by atoms with Gasteiger partial charge in [-0.2, -0.15) is 0 Å². The van der Waals surface area contributed by atoms with Crippen molar-refractivity contribution in [1.82, 2.24) is 9.97 Å². The summed E-state index contributed by atoms with van der Waals surface area (Å²) in [5, 5.41) is 3.92. The summed E-state index contributed by atoms with van der Waals surface area (Å²) < 4.78 is 10.5. The van der Waals surface area contributed by atoms with Crippen molar-refractivity contribution >= 4 is 34.0 Å². The molecule has 0 bridgehead atoms. The summed E-state index contributed by atoms with van der Waals surface area (Å²) in [7, 11) is 0. The van der Waals surface area contributed by atoms with Crippen LogP contribution in [0.1, 0.15) is 20.9 Å². The van der Waals surface area contributed by atoms with Crippen molar-refractivity contribution in [3.05, 3.63) is 76.4 Å². The van der Waals surface area contributed by atoms with Gasteiger partial charge in [-0.3, -0.25) is 10.1 Å². The van der Waals surface area contributed by atoms with Crippen LogP contribution in [0.15, 0.2) is 64.1 Å². The number of amides is 1. The van der Waals surface area contributed by atoms with Crippen LogP contribution in [0.4, 0.5) is 5.13 Å². The van der Waals surface area contributed by atoms with Crippen LogP contribution in [0.3, 0.4) is 0 Å². The topological polar surface area (TPSA) is 81.2 Å². The third-order valence-electron chi connectivity index (χ3n) is 3.62. The molecular formula is C18H12ClN3O3S. The molecule has 0 aliphatic rings. The van der Waals surface area contributed by atoms with Gasteiger partial charge >= 0.3 is 0 Å². The van der Waals surface area contributed by atoms with E-state index in [2.05, 4.69) is 15.3 Å². The van der Waals surface area contributed by atoms with Crippen molar-refractivity contribution in [2.24, 2.45) is 0 Å². The van der Waals surface area contributed by atoms with Crippen molar-refractivity contribution in [2.75, 3.05) is 5.32 Å². The van der Waals surface area contributed by atoms with Gasteiger partial charge in [0.15, 0.2) is 23.0 Å². The third kappa shape index (κ3) is 3.40. The van der Waals surface area contributed by atoms with Crippen LogP contribution in [0.25, 0.3) is 11.5 Å². The van der Waals surface area contributed by atoms with Gasteiger partial charge in [0.2, 0.25) is 5.76 Å².